The molecule has 0 fully saturated rings. The largest absolute Gasteiger partial charge is 0.360 e. The van der Waals surface area contributed by atoms with Crippen molar-refractivity contribution in [3.63, 3.8) is 0 Å². The van der Waals surface area contributed by atoms with Crippen LogP contribution >= 0.6 is 15.9 Å². The topological polar surface area (TPSA) is 33.6 Å². The van der Waals surface area contributed by atoms with E-state index in [0.29, 0.717) is 0 Å². The van der Waals surface area contributed by atoms with Gasteiger partial charge in [0.25, 0.3) is 0 Å². The zero-order valence-electron chi connectivity index (χ0n) is 6.58. The van der Waals surface area contributed by atoms with Gasteiger partial charge in [-0.25, -0.2) is 0 Å². The number of halogens is 1. The van der Waals surface area contributed by atoms with Gasteiger partial charge in [0.05, 0.1) is 10.2 Å². The molecule has 2 rings (SSSR count). The molecular formula is C8H8BrN3. The maximum absolute atomic E-state index is 4.29. The first-order valence-electron chi connectivity index (χ1n) is 3.60. The van der Waals surface area contributed by atoms with Crippen molar-refractivity contribution in [2.24, 2.45) is 7.05 Å². The molecule has 0 saturated carbocycles. The zero-order valence-corrected chi connectivity index (χ0v) is 8.17. The van der Waals surface area contributed by atoms with Crippen LogP contribution in [0.25, 0.3) is 11.4 Å². The molecule has 0 aliphatic rings. The Kier molecular flexibility index (Phi) is 1.77. The van der Waals surface area contributed by atoms with Crippen molar-refractivity contribution >= 4 is 15.9 Å². The number of rotatable bonds is 1. The predicted octanol–water partition coefficient (Wildman–Crippen LogP) is 2.18. The van der Waals surface area contributed by atoms with Crippen molar-refractivity contribution in [1.82, 2.24) is 14.8 Å². The van der Waals surface area contributed by atoms with Crippen LogP contribution in [0.1, 0.15) is 0 Å². The lowest BCUT2D eigenvalue weighted by atomic mass is 10.3. The van der Waals surface area contributed by atoms with Crippen LogP contribution in [0, 0.1) is 0 Å². The monoisotopic (exact) mass is 225 g/mol. The number of nitrogens with zero attached hydrogens (tertiary/aromatic N) is 2. The van der Waals surface area contributed by atoms with Crippen LogP contribution in [0.15, 0.2) is 29.0 Å². The third kappa shape index (κ3) is 1.18. The lowest BCUT2D eigenvalue weighted by molar-refractivity contribution is 0.770. The molecule has 0 aliphatic carbocycles. The van der Waals surface area contributed by atoms with Gasteiger partial charge in [0, 0.05) is 19.4 Å². The lowest BCUT2D eigenvalue weighted by Crippen LogP contribution is -1.87. The van der Waals surface area contributed by atoms with E-state index in [1.807, 2.05) is 31.6 Å². The summed E-state index contributed by atoms with van der Waals surface area (Å²) < 4.78 is 2.78. The molecule has 1 N–H and O–H groups in total. The fraction of sp³-hybridized carbons (Fsp3) is 0.125. The molecule has 0 amide bonds. The number of aromatic amines is 1. The van der Waals surface area contributed by atoms with Gasteiger partial charge < -0.3 is 4.98 Å². The molecule has 0 saturated heterocycles. The maximum atomic E-state index is 4.29. The van der Waals surface area contributed by atoms with Crippen molar-refractivity contribution in [1.29, 1.82) is 0 Å². The van der Waals surface area contributed by atoms with Gasteiger partial charge in [-0.15, -0.1) is 0 Å². The summed E-state index contributed by atoms with van der Waals surface area (Å²) in [5.74, 6) is 0. The minimum Gasteiger partial charge on any atom is -0.360 e. The molecule has 62 valence electrons. The molecule has 2 heterocycles. The van der Waals surface area contributed by atoms with Gasteiger partial charge >= 0.3 is 0 Å². The van der Waals surface area contributed by atoms with Crippen LogP contribution in [0.5, 0.6) is 0 Å². The number of hydrogen-bond acceptors (Lipinski definition) is 1. The second kappa shape index (κ2) is 2.79. The van der Waals surface area contributed by atoms with E-state index in [0.717, 1.165) is 15.9 Å². The molecule has 12 heavy (non-hydrogen) atoms. The zero-order chi connectivity index (χ0) is 8.55. The Morgan fingerprint density at radius 2 is 2.42 bits per heavy atom. The van der Waals surface area contributed by atoms with Crippen molar-refractivity contribution in [2.75, 3.05) is 0 Å². The third-order valence-corrected chi connectivity index (χ3v) is 2.22. The first kappa shape index (κ1) is 7.61. The summed E-state index contributed by atoms with van der Waals surface area (Å²) in [6.07, 6.45) is 3.81. The summed E-state index contributed by atoms with van der Waals surface area (Å²) in [6, 6.07) is 3.95. The molecular weight excluding hydrogens is 218 g/mol. The maximum Gasteiger partial charge on any atom is 0.123 e. The average molecular weight is 226 g/mol. The van der Waals surface area contributed by atoms with Crippen molar-refractivity contribution in [3.8, 4) is 11.4 Å². The molecule has 0 aromatic carbocycles. The van der Waals surface area contributed by atoms with Crippen LogP contribution in [0.4, 0.5) is 0 Å². The summed E-state index contributed by atoms with van der Waals surface area (Å²) in [5.41, 5.74) is 1.98. The number of H-pyrrole nitrogens is 1. The molecule has 0 spiro atoms. The Balaban J connectivity index is 2.54. The van der Waals surface area contributed by atoms with E-state index >= 15 is 0 Å². The highest BCUT2D eigenvalue weighted by Gasteiger charge is 2.06. The van der Waals surface area contributed by atoms with Gasteiger partial charge in [-0.1, -0.05) is 0 Å². The third-order valence-electron chi connectivity index (χ3n) is 1.64. The van der Waals surface area contributed by atoms with Crippen molar-refractivity contribution in [3.05, 3.63) is 29.0 Å². The lowest BCUT2D eigenvalue weighted by Gasteiger charge is -1.90. The first-order valence-corrected chi connectivity index (χ1v) is 4.39. The minimum atomic E-state index is 0.947. The van der Waals surface area contributed by atoms with Crippen molar-refractivity contribution < 1.29 is 0 Å². The van der Waals surface area contributed by atoms with Gasteiger partial charge in [-0.05, 0) is 28.1 Å². The highest BCUT2D eigenvalue weighted by Crippen LogP contribution is 2.24. The van der Waals surface area contributed by atoms with Gasteiger partial charge in [-0.2, -0.15) is 5.10 Å². The number of aryl methyl sites for hydroxylation is 1. The fourth-order valence-electron chi connectivity index (χ4n) is 1.12. The Hall–Kier alpha value is -1.03. The van der Waals surface area contributed by atoms with E-state index in [4.69, 9.17) is 0 Å². The van der Waals surface area contributed by atoms with E-state index in [2.05, 4.69) is 26.0 Å². The highest BCUT2D eigenvalue weighted by atomic mass is 79.9. The van der Waals surface area contributed by atoms with Gasteiger partial charge in [0.2, 0.25) is 0 Å². The molecule has 4 heteroatoms. The first-order chi connectivity index (χ1) is 5.77. The second-order valence-electron chi connectivity index (χ2n) is 2.58. The minimum absolute atomic E-state index is 0.947. The molecule has 2 aromatic heterocycles. The highest BCUT2D eigenvalue weighted by molar-refractivity contribution is 9.10. The standard InChI is InChI=1S/C8H8BrN3/c1-12-5-6(9)8(11-12)7-3-2-4-10-7/h2-5,10H,1H3. The molecule has 0 aliphatic heterocycles. The molecule has 0 unspecified atom stereocenters. The molecule has 0 atom stereocenters. The average Bonchev–Trinajstić information content (AvgIpc) is 2.58. The van der Waals surface area contributed by atoms with Crippen molar-refractivity contribution in [2.45, 2.75) is 0 Å². The Bertz CT molecular complexity index is 375. The molecule has 0 radical (unpaired) electrons. The van der Waals surface area contributed by atoms with E-state index in [1.54, 1.807) is 4.68 Å². The number of nitrogens with one attached hydrogen (secondary N) is 1. The Labute approximate surface area is 78.5 Å². The van der Waals surface area contributed by atoms with Crippen LogP contribution in [-0.2, 0) is 7.05 Å². The smallest absolute Gasteiger partial charge is 0.123 e. The van der Waals surface area contributed by atoms with Gasteiger partial charge in [0.1, 0.15) is 5.69 Å². The quantitative estimate of drug-likeness (QED) is 0.794. The summed E-state index contributed by atoms with van der Waals surface area (Å²) in [7, 11) is 1.90. The summed E-state index contributed by atoms with van der Waals surface area (Å²) >= 11 is 3.44. The van der Waals surface area contributed by atoms with Gasteiger partial charge in [-0.3, -0.25) is 4.68 Å². The molecule has 2 aromatic rings. The van der Waals surface area contributed by atoms with Crippen LogP contribution < -0.4 is 0 Å². The summed E-state index contributed by atoms with van der Waals surface area (Å²) in [6.45, 7) is 0. The normalized spacial score (nSPS) is 10.5. The Morgan fingerprint density at radius 1 is 1.58 bits per heavy atom. The molecule has 3 nitrogen and oxygen atoms in total. The van der Waals surface area contributed by atoms with E-state index < -0.39 is 0 Å². The Morgan fingerprint density at radius 3 is 2.92 bits per heavy atom. The van der Waals surface area contributed by atoms with Gasteiger partial charge in [0.15, 0.2) is 0 Å². The van der Waals surface area contributed by atoms with E-state index in [1.165, 1.54) is 0 Å². The SMILES string of the molecule is Cn1cc(Br)c(-c2ccc[nH]2)n1. The van der Waals surface area contributed by atoms with Crippen LogP contribution in [-0.4, -0.2) is 14.8 Å². The fourth-order valence-corrected chi connectivity index (χ4v) is 1.71. The summed E-state index contributed by atoms with van der Waals surface area (Å²) in [5, 5.41) is 4.29. The van der Waals surface area contributed by atoms with E-state index in [9.17, 15) is 0 Å². The van der Waals surface area contributed by atoms with E-state index in [-0.39, 0.29) is 0 Å². The second-order valence-corrected chi connectivity index (χ2v) is 3.44. The predicted molar refractivity (Wildman–Crippen MR) is 50.7 cm³/mol. The van der Waals surface area contributed by atoms with Crippen LogP contribution in [0.3, 0.4) is 0 Å². The molecule has 0 bridgehead atoms. The summed E-state index contributed by atoms with van der Waals surface area (Å²) in [4.78, 5) is 3.10. The number of aromatic nitrogens is 3. The van der Waals surface area contributed by atoms with Crippen LogP contribution in [0.2, 0.25) is 0 Å². The number of hydrogen-bond donors (Lipinski definition) is 1.